The smallest absolute Gasteiger partial charge is 0.146 e. The summed E-state index contributed by atoms with van der Waals surface area (Å²) in [6.45, 7) is 5.29. The van der Waals surface area contributed by atoms with E-state index in [1.54, 1.807) is 0 Å². The molecule has 4 heteroatoms. The SMILES string of the molecule is CCC(=O)CN1C2COCC1COC2. The quantitative estimate of drug-likeness (QED) is 0.644. The predicted molar refractivity (Wildman–Crippen MR) is 51.2 cm³/mol. The van der Waals surface area contributed by atoms with Crippen molar-refractivity contribution in [3.8, 4) is 0 Å². The molecule has 2 bridgehead atoms. The largest absolute Gasteiger partial charge is 0.378 e. The number of carbonyl (C=O) groups excluding carboxylic acids is 1. The molecule has 0 spiro atoms. The van der Waals surface area contributed by atoms with E-state index in [0.717, 1.165) is 0 Å². The van der Waals surface area contributed by atoms with Gasteiger partial charge in [0.05, 0.1) is 45.1 Å². The molecule has 2 rings (SSSR count). The third-order valence-electron chi connectivity index (χ3n) is 2.93. The van der Waals surface area contributed by atoms with Gasteiger partial charge in [0.2, 0.25) is 0 Å². The van der Waals surface area contributed by atoms with Crippen molar-refractivity contribution in [2.75, 3.05) is 33.0 Å². The fourth-order valence-corrected chi connectivity index (χ4v) is 2.03. The van der Waals surface area contributed by atoms with Gasteiger partial charge in [0.25, 0.3) is 0 Å². The van der Waals surface area contributed by atoms with E-state index in [4.69, 9.17) is 9.47 Å². The molecular formula is C10H17NO3. The van der Waals surface area contributed by atoms with Gasteiger partial charge < -0.3 is 9.47 Å². The second-order valence-electron chi connectivity index (χ2n) is 3.95. The van der Waals surface area contributed by atoms with Crippen LogP contribution in [0.1, 0.15) is 13.3 Å². The number of Topliss-reactive ketones (excluding diaryl/α,β-unsaturated/α-hetero) is 1. The summed E-state index contributed by atoms with van der Waals surface area (Å²) in [5, 5.41) is 0. The lowest BCUT2D eigenvalue weighted by molar-refractivity contribution is -0.147. The molecule has 14 heavy (non-hydrogen) atoms. The minimum Gasteiger partial charge on any atom is -0.378 e. The summed E-state index contributed by atoms with van der Waals surface area (Å²) >= 11 is 0. The Kier molecular flexibility index (Phi) is 3.15. The second-order valence-corrected chi connectivity index (χ2v) is 3.95. The average molecular weight is 199 g/mol. The van der Waals surface area contributed by atoms with E-state index in [9.17, 15) is 4.79 Å². The van der Waals surface area contributed by atoms with Crippen LogP contribution in [0.15, 0.2) is 0 Å². The van der Waals surface area contributed by atoms with Crippen LogP contribution in [0.4, 0.5) is 0 Å². The summed E-state index contributed by atoms with van der Waals surface area (Å²) in [6.07, 6.45) is 0.623. The molecule has 2 heterocycles. The molecule has 0 aromatic rings. The molecule has 2 fully saturated rings. The number of carbonyl (C=O) groups is 1. The van der Waals surface area contributed by atoms with Crippen molar-refractivity contribution in [2.24, 2.45) is 0 Å². The van der Waals surface area contributed by atoms with Gasteiger partial charge in [-0.05, 0) is 0 Å². The van der Waals surface area contributed by atoms with Crippen molar-refractivity contribution < 1.29 is 14.3 Å². The number of hydrogen-bond acceptors (Lipinski definition) is 4. The summed E-state index contributed by atoms with van der Waals surface area (Å²) in [4.78, 5) is 13.6. The molecule has 0 aromatic carbocycles. The number of ketones is 1. The Hall–Kier alpha value is -0.450. The maximum atomic E-state index is 11.4. The second kappa shape index (κ2) is 4.38. The zero-order valence-corrected chi connectivity index (χ0v) is 8.57. The van der Waals surface area contributed by atoms with Gasteiger partial charge in [0, 0.05) is 6.42 Å². The average Bonchev–Trinajstić information content (AvgIpc) is 2.17. The highest BCUT2D eigenvalue weighted by Crippen LogP contribution is 2.18. The fourth-order valence-electron chi connectivity index (χ4n) is 2.03. The molecule has 0 atom stereocenters. The van der Waals surface area contributed by atoms with Gasteiger partial charge >= 0.3 is 0 Å². The van der Waals surface area contributed by atoms with Gasteiger partial charge in [-0.25, -0.2) is 0 Å². The van der Waals surface area contributed by atoms with Crippen molar-refractivity contribution in [1.29, 1.82) is 0 Å². The molecule has 0 aromatic heterocycles. The summed E-state index contributed by atoms with van der Waals surface area (Å²) in [5.41, 5.74) is 0. The Balaban J connectivity index is 1.98. The molecule has 2 aliphatic rings. The number of nitrogens with zero attached hydrogens (tertiary/aromatic N) is 1. The highest BCUT2D eigenvalue weighted by atomic mass is 16.5. The van der Waals surface area contributed by atoms with Crippen molar-refractivity contribution in [2.45, 2.75) is 25.4 Å². The van der Waals surface area contributed by atoms with E-state index in [1.807, 2.05) is 6.92 Å². The van der Waals surface area contributed by atoms with Crippen molar-refractivity contribution in [3.05, 3.63) is 0 Å². The molecule has 0 aliphatic carbocycles. The Morgan fingerprint density at radius 1 is 1.21 bits per heavy atom. The molecule has 0 saturated carbocycles. The Labute approximate surface area is 84.2 Å². The minimum atomic E-state index is 0.290. The summed E-state index contributed by atoms with van der Waals surface area (Å²) in [5.74, 6) is 0.309. The highest BCUT2D eigenvalue weighted by molar-refractivity contribution is 5.80. The zero-order valence-electron chi connectivity index (χ0n) is 8.57. The maximum Gasteiger partial charge on any atom is 0.146 e. The number of hydrogen-bond donors (Lipinski definition) is 0. The van der Waals surface area contributed by atoms with Crippen LogP contribution >= 0.6 is 0 Å². The Morgan fingerprint density at radius 3 is 2.14 bits per heavy atom. The van der Waals surface area contributed by atoms with E-state index in [1.165, 1.54) is 0 Å². The zero-order chi connectivity index (χ0) is 9.97. The van der Waals surface area contributed by atoms with E-state index in [0.29, 0.717) is 45.2 Å². The fraction of sp³-hybridized carbons (Fsp3) is 0.900. The van der Waals surface area contributed by atoms with Crippen LogP contribution in [-0.4, -0.2) is 55.7 Å². The summed E-state index contributed by atoms with van der Waals surface area (Å²) < 4.78 is 10.9. The number of fused-ring (bicyclic) bond motifs is 2. The standard InChI is InChI=1S/C10H17NO3/c1-2-10(12)3-11-8-4-13-6-9(11)7-14-5-8/h8-9H,2-7H2,1H3. The van der Waals surface area contributed by atoms with Gasteiger partial charge in [-0.3, -0.25) is 9.69 Å². The van der Waals surface area contributed by atoms with Crippen molar-refractivity contribution >= 4 is 5.78 Å². The molecule has 0 amide bonds. The van der Waals surface area contributed by atoms with Crippen molar-refractivity contribution in [3.63, 3.8) is 0 Å². The molecule has 2 aliphatic heterocycles. The number of morpholine rings is 2. The third kappa shape index (κ3) is 1.97. The molecule has 2 saturated heterocycles. The lowest BCUT2D eigenvalue weighted by Crippen LogP contribution is -2.60. The lowest BCUT2D eigenvalue weighted by Gasteiger charge is -2.44. The number of ether oxygens (including phenoxy) is 2. The van der Waals surface area contributed by atoms with Crippen LogP contribution in [0.3, 0.4) is 0 Å². The number of rotatable bonds is 3. The third-order valence-corrected chi connectivity index (χ3v) is 2.93. The van der Waals surface area contributed by atoms with E-state index < -0.39 is 0 Å². The normalized spacial score (nSPS) is 32.9. The van der Waals surface area contributed by atoms with Crippen LogP contribution in [0, 0.1) is 0 Å². The molecule has 4 nitrogen and oxygen atoms in total. The molecule has 80 valence electrons. The first-order valence-corrected chi connectivity index (χ1v) is 5.24. The predicted octanol–water partition coefficient (Wildman–Crippen LogP) is 0.0651. The molecular weight excluding hydrogens is 182 g/mol. The molecule has 0 N–H and O–H groups in total. The summed E-state index contributed by atoms with van der Waals surface area (Å²) in [6, 6.07) is 0.580. The van der Waals surface area contributed by atoms with Crippen LogP contribution in [-0.2, 0) is 14.3 Å². The Morgan fingerprint density at radius 2 is 1.71 bits per heavy atom. The van der Waals surface area contributed by atoms with E-state index in [-0.39, 0.29) is 12.1 Å². The molecule has 0 unspecified atom stereocenters. The molecule has 0 radical (unpaired) electrons. The highest BCUT2D eigenvalue weighted by Gasteiger charge is 2.35. The van der Waals surface area contributed by atoms with Gasteiger partial charge in [-0.15, -0.1) is 0 Å². The van der Waals surface area contributed by atoms with Crippen LogP contribution < -0.4 is 0 Å². The topological polar surface area (TPSA) is 38.8 Å². The van der Waals surface area contributed by atoms with Gasteiger partial charge in [0.15, 0.2) is 0 Å². The van der Waals surface area contributed by atoms with Crippen LogP contribution in [0.25, 0.3) is 0 Å². The Bertz CT molecular complexity index is 197. The minimum absolute atomic E-state index is 0.290. The van der Waals surface area contributed by atoms with Crippen LogP contribution in [0.2, 0.25) is 0 Å². The summed E-state index contributed by atoms with van der Waals surface area (Å²) in [7, 11) is 0. The monoisotopic (exact) mass is 199 g/mol. The van der Waals surface area contributed by atoms with E-state index in [2.05, 4.69) is 4.90 Å². The first-order valence-electron chi connectivity index (χ1n) is 5.24. The van der Waals surface area contributed by atoms with Gasteiger partial charge in [0.1, 0.15) is 5.78 Å². The van der Waals surface area contributed by atoms with Gasteiger partial charge in [-0.2, -0.15) is 0 Å². The van der Waals surface area contributed by atoms with Crippen LogP contribution in [0.5, 0.6) is 0 Å². The lowest BCUT2D eigenvalue weighted by atomic mass is 10.1. The first-order chi connectivity index (χ1) is 6.81. The maximum absolute atomic E-state index is 11.4. The van der Waals surface area contributed by atoms with Crippen molar-refractivity contribution in [1.82, 2.24) is 4.90 Å². The first kappa shape index (κ1) is 10.1. The van der Waals surface area contributed by atoms with Gasteiger partial charge in [-0.1, -0.05) is 6.92 Å². The van der Waals surface area contributed by atoms with E-state index >= 15 is 0 Å².